The first kappa shape index (κ1) is 21.2. The number of fused-ring (bicyclic) bond motifs is 1. The summed E-state index contributed by atoms with van der Waals surface area (Å²) >= 11 is 0. The van der Waals surface area contributed by atoms with Crippen molar-refractivity contribution in [3.8, 4) is 11.5 Å². The average Bonchev–Trinajstić information content (AvgIpc) is 2.77. The molecule has 0 bridgehead atoms. The molecule has 3 N–H and O–H groups in total. The van der Waals surface area contributed by atoms with Crippen molar-refractivity contribution in [2.75, 3.05) is 20.2 Å². The number of primary amides is 1. The van der Waals surface area contributed by atoms with Gasteiger partial charge >= 0.3 is 0 Å². The number of carbonyl (C=O) groups excluding carboxylic acids is 2. The molecular formula is C24H29N3O4. The molecule has 7 nitrogen and oxygen atoms in total. The third kappa shape index (κ3) is 4.51. The Labute approximate surface area is 182 Å². The van der Waals surface area contributed by atoms with Gasteiger partial charge in [0.05, 0.1) is 7.11 Å². The molecule has 1 fully saturated rings. The van der Waals surface area contributed by atoms with Gasteiger partial charge in [0, 0.05) is 63.0 Å². The van der Waals surface area contributed by atoms with E-state index >= 15 is 0 Å². The van der Waals surface area contributed by atoms with Crippen LogP contribution in [0.25, 0.3) is 0 Å². The van der Waals surface area contributed by atoms with Crippen LogP contribution in [0, 0.1) is 0 Å². The molecule has 31 heavy (non-hydrogen) atoms. The van der Waals surface area contributed by atoms with Gasteiger partial charge in [0.1, 0.15) is 17.1 Å². The van der Waals surface area contributed by atoms with Crippen molar-refractivity contribution in [3.63, 3.8) is 0 Å². The van der Waals surface area contributed by atoms with Gasteiger partial charge in [-0.1, -0.05) is 12.1 Å². The maximum Gasteiger partial charge on any atom is 0.248 e. The van der Waals surface area contributed by atoms with Crippen LogP contribution in [0.4, 0.5) is 0 Å². The predicted octanol–water partition coefficient (Wildman–Crippen LogP) is 2.79. The number of amides is 2. The maximum absolute atomic E-state index is 11.8. The fourth-order valence-electron chi connectivity index (χ4n) is 4.53. The van der Waals surface area contributed by atoms with Gasteiger partial charge in [-0.3, -0.25) is 9.59 Å². The van der Waals surface area contributed by atoms with E-state index in [1.54, 1.807) is 20.1 Å². The van der Waals surface area contributed by atoms with Gasteiger partial charge in [0.25, 0.3) is 0 Å². The molecule has 2 aliphatic rings. The van der Waals surface area contributed by atoms with Crippen LogP contribution in [0.2, 0.25) is 0 Å². The van der Waals surface area contributed by atoms with Gasteiger partial charge in [-0.15, -0.1) is 0 Å². The highest BCUT2D eigenvalue weighted by atomic mass is 16.5. The van der Waals surface area contributed by atoms with Gasteiger partial charge in [-0.25, -0.2) is 0 Å². The van der Waals surface area contributed by atoms with Crippen LogP contribution in [-0.4, -0.2) is 42.5 Å². The third-order valence-electron chi connectivity index (χ3n) is 6.40. The molecule has 0 radical (unpaired) electrons. The Bertz CT molecular complexity index is 965. The van der Waals surface area contributed by atoms with Crippen LogP contribution >= 0.6 is 0 Å². The molecular weight excluding hydrogens is 394 g/mol. The third-order valence-corrected chi connectivity index (χ3v) is 6.40. The summed E-state index contributed by atoms with van der Waals surface area (Å²) in [6, 6.07) is 13.4. The smallest absolute Gasteiger partial charge is 0.248 e. The molecule has 1 spiro atoms. The molecule has 2 aromatic carbocycles. The van der Waals surface area contributed by atoms with Crippen molar-refractivity contribution < 1.29 is 19.1 Å². The van der Waals surface area contributed by atoms with Crippen LogP contribution < -0.4 is 20.5 Å². The van der Waals surface area contributed by atoms with Gasteiger partial charge in [-0.2, -0.15) is 0 Å². The lowest BCUT2D eigenvalue weighted by molar-refractivity contribution is -0.133. The summed E-state index contributed by atoms with van der Waals surface area (Å²) in [5.74, 6) is 1.25. The van der Waals surface area contributed by atoms with Crippen molar-refractivity contribution in [2.45, 2.75) is 44.4 Å². The number of piperidine rings is 1. The zero-order valence-electron chi connectivity index (χ0n) is 18.0. The summed E-state index contributed by atoms with van der Waals surface area (Å²) in [6.07, 6.45) is 2.33. The van der Waals surface area contributed by atoms with E-state index in [-0.39, 0.29) is 17.6 Å². The van der Waals surface area contributed by atoms with Crippen LogP contribution in [0.1, 0.15) is 53.7 Å². The Morgan fingerprint density at radius 3 is 2.52 bits per heavy atom. The summed E-state index contributed by atoms with van der Waals surface area (Å²) < 4.78 is 11.7. The largest absolute Gasteiger partial charge is 0.497 e. The molecule has 0 aromatic heterocycles. The number of likely N-dealkylation sites (tertiary alicyclic amines) is 1. The van der Waals surface area contributed by atoms with Crippen LogP contribution in [0.3, 0.4) is 0 Å². The van der Waals surface area contributed by atoms with E-state index in [4.69, 9.17) is 15.2 Å². The predicted molar refractivity (Wildman–Crippen MR) is 117 cm³/mol. The molecule has 4 rings (SSSR count). The molecule has 164 valence electrons. The van der Waals surface area contributed by atoms with E-state index in [0.717, 1.165) is 41.9 Å². The van der Waals surface area contributed by atoms with Gasteiger partial charge in [-0.05, 0) is 35.9 Å². The van der Waals surface area contributed by atoms with E-state index < -0.39 is 5.91 Å². The molecule has 7 heteroatoms. The van der Waals surface area contributed by atoms with Crippen molar-refractivity contribution in [2.24, 2.45) is 5.73 Å². The molecule has 0 aliphatic carbocycles. The van der Waals surface area contributed by atoms with E-state index in [1.165, 1.54) is 0 Å². The fraction of sp³-hybridized carbons (Fsp3) is 0.417. The van der Waals surface area contributed by atoms with Gasteiger partial charge in [0.2, 0.25) is 11.8 Å². The first-order chi connectivity index (χ1) is 14.9. The summed E-state index contributed by atoms with van der Waals surface area (Å²) in [7, 11) is 1.65. The highest BCUT2D eigenvalue weighted by Crippen LogP contribution is 2.44. The van der Waals surface area contributed by atoms with Crippen molar-refractivity contribution >= 4 is 11.8 Å². The lowest BCUT2D eigenvalue weighted by Gasteiger charge is -2.47. The highest BCUT2D eigenvalue weighted by molar-refractivity contribution is 5.93. The second-order valence-electron chi connectivity index (χ2n) is 8.39. The van der Waals surface area contributed by atoms with Crippen LogP contribution in [0.5, 0.6) is 11.5 Å². The number of rotatable bonds is 5. The number of methoxy groups -OCH3 is 1. The van der Waals surface area contributed by atoms with Crippen molar-refractivity contribution in [1.82, 2.24) is 10.2 Å². The Kier molecular flexibility index (Phi) is 5.87. The number of benzene rings is 2. The van der Waals surface area contributed by atoms with Gasteiger partial charge in [0.15, 0.2) is 0 Å². The Hall–Kier alpha value is -3.06. The zero-order chi connectivity index (χ0) is 22.0. The lowest BCUT2D eigenvalue weighted by atomic mass is 9.80. The quantitative estimate of drug-likeness (QED) is 0.771. The average molecular weight is 424 g/mol. The zero-order valence-corrected chi connectivity index (χ0v) is 18.0. The molecule has 2 heterocycles. The lowest BCUT2D eigenvalue weighted by Crippen LogP contribution is -2.52. The van der Waals surface area contributed by atoms with E-state index in [0.29, 0.717) is 25.2 Å². The number of carbonyl (C=O) groups is 2. The Morgan fingerprint density at radius 1 is 1.19 bits per heavy atom. The fourth-order valence-corrected chi connectivity index (χ4v) is 4.53. The molecule has 0 saturated carbocycles. The summed E-state index contributed by atoms with van der Waals surface area (Å²) in [4.78, 5) is 25.4. The summed E-state index contributed by atoms with van der Waals surface area (Å²) in [5.41, 5.74) is 7.75. The molecule has 2 aromatic rings. The number of nitrogens with zero attached hydrogens (tertiary/aromatic N) is 1. The molecule has 1 saturated heterocycles. The SMILES string of the molecule is COc1ccc(CNC2CC3(CCN(C(C)=O)CC3)Oc3ccc(C(N)=O)cc32)cc1. The summed E-state index contributed by atoms with van der Waals surface area (Å²) in [6.45, 7) is 3.66. The molecule has 1 atom stereocenters. The standard InChI is InChI=1S/C24H29N3O4/c1-16(28)27-11-9-24(10-12-27)14-21(26-15-17-3-6-19(30-2)7-4-17)20-13-18(23(25)29)5-8-22(20)31-24/h3-8,13,21,26H,9-12,14-15H2,1-2H3,(H2,25,29). The second kappa shape index (κ2) is 8.59. The number of ether oxygens (including phenoxy) is 2. The minimum Gasteiger partial charge on any atom is -0.497 e. The number of nitrogens with two attached hydrogens (primary N) is 1. The minimum atomic E-state index is -0.452. The van der Waals surface area contributed by atoms with Crippen molar-refractivity contribution in [3.05, 3.63) is 59.2 Å². The Balaban J connectivity index is 1.57. The van der Waals surface area contributed by atoms with Crippen LogP contribution in [-0.2, 0) is 11.3 Å². The second-order valence-corrected chi connectivity index (χ2v) is 8.39. The number of hydrogen-bond donors (Lipinski definition) is 2. The van der Waals surface area contributed by atoms with Crippen molar-refractivity contribution in [1.29, 1.82) is 0 Å². The Morgan fingerprint density at radius 2 is 1.90 bits per heavy atom. The summed E-state index contributed by atoms with van der Waals surface area (Å²) in [5, 5.41) is 3.65. The molecule has 1 unspecified atom stereocenters. The highest BCUT2D eigenvalue weighted by Gasteiger charge is 2.43. The van der Waals surface area contributed by atoms with E-state index in [1.807, 2.05) is 41.3 Å². The first-order valence-corrected chi connectivity index (χ1v) is 10.6. The monoisotopic (exact) mass is 423 g/mol. The maximum atomic E-state index is 11.8. The van der Waals surface area contributed by atoms with E-state index in [2.05, 4.69) is 5.32 Å². The van der Waals surface area contributed by atoms with Gasteiger partial charge < -0.3 is 25.4 Å². The molecule has 2 aliphatic heterocycles. The topological polar surface area (TPSA) is 93.9 Å². The normalized spacial score (nSPS) is 19.4. The van der Waals surface area contributed by atoms with Crippen LogP contribution in [0.15, 0.2) is 42.5 Å². The minimum absolute atomic E-state index is 0.00836. The first-order valence-electron chi connectivity index (χ1n) is 10.6. The molecule has 2 amide bonds. The number of hydrogen-bond acceptors (Lipinski definition) is 5. The van der Waals surface area contributed by atoms with E-state index in [9.17, 15) is 9.59 Å². The number of nitrogens with one attached hydrogen (secondary N) is 1.